The Kier molecular flexibility index (Phi) is 4.58. The van der Waals surface area contributed by atoms with E-state index in [4.69, 9.17) is 4.42 Å². The van der Waals surface area contributed by atoms with Crippen molar-refractivity contribution < 1.29 is 18.8 Å². The number of hydrogen-bond donors (Lipinski definition) is 1. The quantitative estimate of drug-likeness (QED) is 0.499. The molecule has 0 bridgehead atoms. The second-order valence-corrected chi connectivity index (χ2v) is 7.24. The van der Waals surface area contributed by atoms with E-state index in [1.54, 1.807) is 18.2 Å². The summed E-state index contributed by atoms with van der Waals surface area (Å²) in [5.41, 5.74) is 1.23. The largest absolute Gasteiger partial charge is 0.423 e. The fraction of sp³-hybridized carbons (Fsp3) is 0.333. The Balaban J connectivity index is 1.41. The molecule has 0 spiro atoms. The summed E-state index contributed by atoms with van der Waals surface area (Å²) in [6, 6.07) is 6.50. The summed E-state index contributed by atoms with van der Waals surface area (Å²) >= 11 is 0. The minimum absolute atomic E-state index is 0.0140. The molecule has 3 amide bonds. The van der Waals surface area contributed by atoms with Gasteiger partial charge in [0.25, 0.3) is 0 Å². The first-order chi connectivity index (χ1) is 13.4. The number of imide groups is 1. The molecule has 0 saturated carbocycles. The van der Waals surface area contributed by atoms with Crippen LogP contribution in [0.4, 0.5) is 5.69 Å². The van der Waals surface area contributed by atoms with Crippen molar-refractivity contribution >= 4 is 34.4 Å². The molecule has 0 radical (unpaired) electrons. The van der Waals surface area contributed by atoms with Gasteiger partial charge in [0.15, 0.2) is 0 Å². The molecule has 2 heterocycles. The highest BCUT2D eigenvalue weighted by atomic mass is 16.4. The highest BCUT2D eigenvalue weighted by molar-refractivity contribution is 6.06. The second kappa shape index (κ2) is 7.07. The molecular formula is C21H20N2O5. The standard InChI is InChI=1S/C21H20N2O5/c1-12-10-19(25)28-17-11-13(6-7-14(12)17)22-18(24)8-9-23-20(26)15-4-2-3-5-16(15)21(23)27/h2-3,6-7,10-11,15-16H,4-5,8-9H2,1H3,(H,22,24). The maximum absolute atomic E-state index is 12.4. The summed E-state index contributed by atoms with van der Waals surface area (Å²) in [4.78, 5) is 49.9. The zero-order chi connectivity index (χ0) is 19.8. The number of carbonyl (C=O) groups is 3. The smallest absolute Gasteiger partial charge is 0.336 e. The molecular weight excluding hydrogens is 360 g/mol. The molecule has 28 heavy (non-hydrogen) atoms. The van der Waals surface area contributed by atoms with Crippen LogP contribution in [0, 0.1) is 18.8 Å². The number of anilines is 1. The summed E-state index contributed by atoms with van der Waals surface area (Å²) in [5.74, 6) is -1.26. The van der Waals surface area contributed by atoms with Crippen molar-refractivity contribution in [3.63, 3.8) is 0 Å². The predicted octanol–water partition coefficient (Wildman–Crippen LogP) is 2.38. The van der Waals surface area contributed by atoms with Crippen molar-refractivity contribution in [1.82, 2.24) is 4.90 Å². The minimum Gasteiger partial charge on any atom is -0.423 e. The van der Waals surface area contributed by atoms with Gasteiger partial charge in [-0.3, -0.25) is 19.3 Å². The topological polar surface area (TPSA) is 96.7 Å². The Morgan fingerprint density at radius 1 is 1.11 bits per heavy atom. The summed E-state index contributed by atoms with van der Waals surface area (Å²) in [5, 5.41) is 3.52. The van der Waals surface area contributed by atoms with E-state index in [-0.39, 0.29) is 42.5 Å². The van der Waals surface area contributed by atoms with Crippen LogP contribution in [-0.2, 0) is 14.4 Å². The number of hydrogen-bond acceptors (Lipinski definition) is 5. The molecule has 1 saturated heterocycles. The fourth-order valence-corrected chi connectivity index (χ4v) is 3.93. The lowest BCUT2D eigenvalue weighted by atomic mass is 9.85. The van der Waals surface area contributed by atoms with E-state index in [0.29, 0.717) is 24.1 Å². The van der Waals surface area contributed by atoms with Gasteiger partial charge in [0.1, 0.15) is 5.58 Å². The van der Waals surface area contributed by atoms with Gasteiger partial charge in [-0.05, 0) is 37.5 Å². The van der Waals surface area contributed by atoms with E-state index >= 15 is 0 Å². The third-order valence-electron chi connectivity index (χ3n) is 5.40. The highest BCUT2D eigenvalue weighted by Crippen LogP contribution is 2.35. The van der Waals surface area contributed by atoms with Gasteiger partial charge in [-0.15, -0.1) is 0 Å². The van der Waals surface area contributed by atoms with Crippen molar-refractivity contribution in [2.24, 2.45) is 11.8 Å². The number of allylic oxidation sites excluding steroid dienone is 2. The number of nitrogens with zero attached hydrogens (tertiary/aromatic N) is 1. The molecule has 1 aromatic carbocycles. The third-order valence-corrected chi connectivity index (χ3v) is 5.40. The zero-order valence-corrected chi connectivity index (χ0v) is 15.4. The van der Waals surface area contributed by atoms with E-state index in [0.717, 1.165) is 10.9 Å². The molecule has 1 fully saturated rings. The van der Waals surface area contributed by atoms with E-state index in [9.17, 15) is 19.2 Å². The van der Waals surface area contributed by atoms with Crippen LogP contribution in [0.15, 0.2) is 45.6 Å². The number of fused-ring (bicyclic) bond motifs is 2. The van der Waals surface area contributed by atoms with E-state index < -0.39 is 5.63 Å². The summed E-state index contributed by atoms with van der Waals surface area (Å²) < 4.78 is 5.18. The molecule has 2 aromatic rings. The van der Waals surface area contributed by atoms with Gasteiger partial charge in [-0.25, -0.2) is 4.79 Å². The molecule has 7 heteroatoms. The molecule has 2 unspecified atom stereocenters. The first-order valence-corrected chi connectivity index (χ1v) is 9.28. The van der Waals surface area contributed by atoms with Crippen molar-refractivity contribution in [2.75, 3.05) is 11.9 Å². The predicted molar refractivity (Wildman–Crippen MR) is 103 cm³/mol. The maximum Gasteiger partial charge on any atom is 0.336 e. The number of rotatable bonds is 4. The SMILES string of the molecule is Cc1cc(=O)oc2cc(NC(=O)CCN3C(=O)C4CC=CCC4C3=O)ccc12. The van der Waals surface area contributed by atoms with Crippen molar-refractivity contribution in [2.45, 2.75) is 26.2 Å². The zero-order valence-electron chi connectivity index (χ0n) is 15.4. The fourth-order valence-electron chi connectivity index (χ4n) is 3.93. The Morgan fingerprint density at radius 3 is 2.46 bits per heavy atom. The molecule has 4 rings (SSSR count). The maximum atomic E-state index is 12.4. The summed E-state index contributed by atoms with van der Waals surface area (Å²) in [6.45, 7) is 1.88. The lowest BCUT2D eigenvalue weighted by Gasteiger charge is -2.14. The Hall–Kier alpha value is -3.22. The van der Waals surface area contributed by atoms with Gasteiger partial charge in [-0.2, -0.15) is 0 Å². The first kappa shape index (κ1) is 18.2. The number of carbonyl (C=O) groups excluding carboxylic acids is 3. The van der Waals surface area contributed by atoms with Crippen molar-refractivity contribution in [3.8, 4) is 0 Å². The van der Waals surface area contributed by atoms with Crippen LogP contribution in [0.25, 0.3) is 11.0 Å². The number of benzene rings is 1. The average molecular weight is 380 g/mol. The van der Waals surface area contributed by atoms with Gasteiger partial charge in [0.2, 0.25) is 17.7 Å². The van der Waals surface area contributed by atoms with Gasteiger partial charge in [0.05, 0.1) is 11.8 Å². The summed E-state index contributed by atoms with van der Waals surface area (Å²) in [6.07, 6.45) is 5.05. The molecule has 1 aromatic heterocycles. The normalized spacial score (nSPS) is 21.2. The second-order valence-electron chi connectivity index (χ2n) is 7.24. The van der Waals surface area contributed by atoms with Crippen LogP contribution in [0.1, 0.15) is 24.8 Å². The average Bonchev–Trinajstić information content (AvgIpc) is 2.90. The Morgan fingerprint density at radius 2 is 1.79 bits per heavy atom. The molecule has 2 atom stereocenters. The minimum atomic E-state index is -0.449. The third kappa shape index (κ3) is 3.24. The Bertz CT molecular complexity index is 1040. The van der Waals surface area contributed by atoms with Crippen LogP contribution < -0.4 is 10.9 Å². The number of amides is 3. The van der Waals surface area contributed by atoms with E-state index in [1.807, 2.05) is 19.1 Å². The first-order valence-electron chi connectivity index (χ1n) is 9.28. The molecule has 2 aliphatic rings. The van der Waals surface area contributed by atoms with Gasteiger partial charge in [0, 0.05) is 36.2 Å². The van der Waals surface area contributed by atoms with Crippen LogP contribution in [0.5, 0.6) is 0 Å². The molecule has 1 aliphatic carbocycles. The lowest BCUT2D eigenvalue weighted by molar-refractivity contribution is -0.140. The molecule has 1 aliphatic heterocycles. The number of nitrogens with one attached hydrogen (secondary N) is 1. The van der Waals surface area contributed by atoms with Gasteiger partial charge in [-0.1, -0.05) is 12.2 Å². The Labute approximate surface area is 161 Å². The molecule has 144 valence electrons. The van der Waals surface area contributed by atoms with Gasteiger partial charge < -0.3 is 9.73 Å². The molecule has 1 N–H and O–H groups in total. The van der Waals surface area contributed by atoms with E-state index in [2.05, 4.69) is 5.32 Å². The van der Waals surface area contributed by atoms with Crippen LogP contribution in [0.3, 0.4) is 0 Å². The van der Waals surface area contributed by atoms with Crippen molar-refractivity contribution in [1.29, 1.82) is 0 Å². The number of aryl methyl sites for hydroxylation is 1. The van der Waals surface area contributed by atoms with Crippen molar-refractivity contribution in [3.05, 3.63) is 52.4 Å². The van der Waals surface area contributed by atoms with Gasteiger partial charge >= 0.3 is 5.63 Å². The van der Waals surface area contributed by atoms with Crippen LogP contribution in [-0.4, -0.2) is 29.2 Å². The van der Waals surface area contributed by atoms with Crippen LogP contribution >= 0.6 is 0 Å². The lowest BCUT2D eigenvalue weighted by Crippen LogP contribution is -2.34. The highest BCUT2D eigenvalue weighted by Gasteiger charge is 2.46. The van der Waals surface area contributed by atoms with E-state index in [1.165, 1.54) is 11.0 Å². The molecule has 7 nitrogen and oxygen atoms in total. The monoisotopic (exact) mass is 380 g/mol. The summed E-state index contributed by atoms with van der Waals surface area (Å²) in [7, 11) is 0. The number of likely N-dealkylation sites (tertiary alicyclic amines) is 1. The van der Waals surface area contributed by atoms with Crippen LogP contribution in [0.2, 0.25) is 0 Å².